The first kappa shape index (κ1) is 22.3. The molecule has 9 heteroatoms. The van der Waals surface area contributed by atoms with E-state index in [0.29, 0.717) is 34.9 Å². The Morgan fingerprint density at radius 3 is 2.55 bits per heavy atom. The molecule has 8 nitrogen and oxygen atoms in total. The van der Waals surface area contributed by atoms with E-state index in [1.165, 1.54) is 4.90 Å². The number of rotatable bonds is 9. The van der Waals surface area contributed by atoms with Gasteiger partial charge in [-0.05, 0) is 43.3 Å². The summed E-state index contributed by atoms with van der Waals surface area (Å²) in [5, 5.41) is 9.04. The average Bonchev–Trinajstić information content (AvgIpc) is 3.05. The van der Waals surface area contributed by atoms with Crippen molar-refractivity contribution in [1.82, 2.24) is 9.55 Å². The van der Waals surface area contributed by atoms with Crippen LogP contribution in [-0.4, -0.2) is 43.3 Å². The van der Waals surface area contributed by atoms with Crippen molar-refractivity contribution in [3.63, 3.8) is 0 Å². The number of hydrogen-bond donors (Lipinski definition) is 0. The van der Waals surface area contributed by atoms with Crippen molar-refractivity contribution < 1.29 is 17.9 Å². The van der Waals surface area contributed by atoms with Crippen LogP contribution in [0.5, 0.6) is 5.75 Å². The molecule has 1 amide bonds. The summed E-state index contributed by atoms with van der Waals surface area (Å²) in [5.41, 5.74) is 1.94. The number of nitrogens with zero attached hydrogens (tertiary/aromatic N) is 4. The molecule has 162 valence electrons. The Bertz CT molecular complexity index is 1210. The Hall–Kier alpha value is -3.38. The summed E-state index contributed by atoms with van der Waals surface area (Å²) < 4.78 is 30.9. The second-order valence-electron chi connectivity index (χ2n) is 7.05. The molecule has 2 aromatic carbocycles. The number of fused-ring (bicyclic) bond motifs is 1. The maximum atomic E-state index is 13.3. The number of carbonyl (C=O) groups excluding carboxylic acids is 1. The molecule has 3 rings (SSSR count). The molecule has 0 fully saturated rings. The summed E-state index contributed by atoms with van der Waals surface area (Å²) in [4.78, 5) is 19.2. The third kappa shape index (κ3) is 5.61. The highest BCUT2D eigenvalue weighted by molar-refractivity contribution is 7.89. The minimum absolute atomic E-state index is 0.0932. The van der Waals surface area contributed by atoms with Gasteiger partial charge < -0.3 is 14.2 Å². The number of anilines is 1. The summed E-state index contributed by atoms with van der Waals surface area (Å²) in [5.74, 6) is 0.465. The number of imidazole rings is 1. The maximum Gasteiger partial charge on any atom is 0.247 e. The number of sulfone groups is 1. The highest BCUT2D eigenvalue weighted by Gasteiger charge is 2.21. The third-order valence-corrected chi connectivity index (χ3v) is 5.41. The van der Waals surface area contributed by atoms with Gasteiger partial charge in [-0.15, -0.1) is 0 Å². The fraction of sp³-hybridized carbons (Fsp3) is 0.318. The molecule has 0 aliphatic rings. The number of amides is 1. The Balaban J connectivity index is 1.95. The highest BCUT2D eigenvalue weighted by atomic mass is 32.2. The standard InChI is InChI=1S/C22H24N4O4S/c1-3-30-18-11-9-17(10-12-18)25(14-6-13-23)22(27)15-26-20-8-5-4-7-19(20)24-21(26)16-31(2,28)29/h4-5,7-12H,3,6,14-16H2,1-2H3. The molecule has 31 heavy (non-hydrogen) atoms. The lowest BCUT2D eigenvalue weighted by Crippen LogP contribution is -2.35. The molecular formula is C22H24N4O4S. The molecule has 1 aromatic heterocycles. The Labute approximate surface area is 181 Å². The van der Waals surface area contributed by atoms with Crippen LogP contribution in [0.2, 0.25) is 0 Å². The lowest BCUT2D eigenvalue weighted by atomic mass is 10.2. The zero-order valence-corrected chi connectivity index (χ0v) is 18.3. The van der Waals surface area contributed by atoms with Gasteiger partial charge >= 0.3 is 0 Å². The smallest absolute Gasteiger partial charge is 0.247 e. The van der Waals surface area contributed by atoms with Crippen molar-refractivity contribution in [3.8, 4) is 11.8 Å². The van der Waals surface area contributed by atoms with E-state index in [1.807, 2.05) is 19.1 Å². The molecule has 0 spiro atoms. The Morgan fingerprint density at radius 2 is 1.90 bits per heavy atom. The summed E-state index contributed by atoms with van der Waals surface area (Å²) >= 11 is 0. The van der Waals surface area contributed by atoms with Gasteiger partial charge in [0.05, 0.1) is 30.1 Å². The molecule has 0 bridgehead atoms. The van der Waals surface area contributed by atoms with Crippen molar-refractivity contribution in [2.75, 3.05) is 24.3 Å². The minimum atomic E-state index is -3.35. The molecule has 1 heterocycles. The van der Waals surface area contributed by atoms with Crippen molar-refractivity contribution in [2.24, 2.45) is 0 Å². The topological polar surface area (TPSA) is 105 Å². The SMILES string of the molecule is CCOc1ccc(N(CCC#N)C(=O)Cn2c(CS(C)(=O)=O)nc3ccccc32)cc1. The third-order valence-electron chi connectivity index (χ3n) is 4.63. The largest absolute Gasteiger partial charge is 0.494 e. The summed E-state index contributed by atoms with van der Waals surface area (Å²) in [6.45, 7) is 2.55. The van der Waals surface area contributed by atoms with Gasteiger partial charge in [-0.1, -0.05) is 12.1 Å². The molecular weight excluding hydrogens is 416 g/mol. The fourth-order valence-electron chi connectivity index (χ4n) is 3.32. The number of hydrogen-bond acceptors (Lipinski definition) is 6. The van der Waals surface area contributed by atoms with E-state index in [2.05, 4.69) is 11.1 Å². The van der Waals surface area contributed by atoms with Gasteiger partial charge in [-0.2, -0.15) is 5.26 Å². The zero-order valence-electron chi connectivity index (χ0n) is 17.5. The summed E-state index contributed by atoms with van der Waals surface area (Å²) in [7, 11) is -3.35. The molecule has 0 saturated heterocycles. The molecule has 0 unspecified atom stereocenters. The van der Waals surface area contributed by atoms with Crippen LogP contribution >= 0.6 is 0 Å². The van der Waals surface area contributed by atoms with Gasteiger partial charge in [0.15, 0.2) is 9.84 Å². The molecule has 0 aliphatic heterocycles. The molecule has 0 saturated carbocycles. The number of carbonyl (C=O) groups is 1. The molecule has 3 aromatic rings. The van der Waals surface area contributed by atoms with Gasteiger partial charge in [-0.25, -0.2) is 13.4 Å². The lowest BCUT2D eigenvalue weighted by Gasteiger charge is -2.23. The van der Waals surface area contributed by atoms with Gasteiger partial charge in [0.25, 0.3) is 0 Å². The van der Waals surface area contributed by atoms with E-state index in [9.17, 15) is 13.2 Å². The quantitative estimate of drug-likeness (QED) is 0.507. The first-order chi connectivity index (χ1) is 14.8. The van der Waals surface area contributed by atoms with Crippen LogP contribution in [0.1, 0.15) is 19.2 Å². The van der Waals surface area contributed by atoms with Crippen LogP contribution in [0.25, 0.3) is 11.0 Å². The van der Waals surface area contributed by atoms with Crippen LogP contribution in [0.3, 0.4) is 0 Å². The second kappa shape index (κ2) is 9.62. The second-order valence-corrected chi connectivity index (χ2v) is 9.19. The van der Waals surface area contributed by atoms with E-state index in [0.717, 1.165) is 6.26 Å². The van der Waals surface area contributed by atoms with Crippen molar-refractivity contribution in [2.45, 2.75) is 25.6 Å². The average molecular weight is 441 g/mol. The summed E-state index contributed by atoms with van der Waals surface area (Å²) in [6.07, 6.45) is 1.30. The highest BCUT2D eigenvalue weighted by Crippen LogP contribution is 2.22. The van der Waals surface area contributed by atoms with Crippen LogP contribution in [-0.2, 0) is 26.9 Å². The maximum absolute atomic E-state index is 13.3. The van der Waals surface area contributed by atoms with Crippen molar-refractivity contribution in [1.29, 1.82) is 5.26 Å². The molecule has 0 aliphatic carbocycles. The Kier molecular flexibility index (Phi) is 6.92. The Morgan fingerprint density at radius 1 is 1.19 bits per heavy atom. The number of aromatic nitrogens is 2. The van der Waals surface area contributed by atoms with E-state index in [1.54, 1.807) is 41.0 Å². The molecule has 0 radical (unpaired) electrons. The molecule has 0 atom stereocenters. The fourth-order valence-corrected chi connectivity index (χ4v) is 4.01. The zero-order chi connectivity index (χ0) is 22.4. The molecule has 0 N–H and O–H groups in total. The van der Waals surface area contributed by atoms with Crippen LogP contribution < -0.4 is 9.64 Å². The van der Waals surface area contributed by atoms with Crippen LogP contribution in [0.15, 0.2) is 48.5 Å². The van der Waals surface area contributed by atoms with E-state index in [4.69, 9.17) is 10.00 Å². The number of ether oxygens (including phenoxy) is 1. The first-order valence-electron chi connectivity index (χ1n) is 9.84. The van der Waals surface area contributed by atoms with Crippen molar-refractivity contribution >= 4 is 32.5 Å². The predicted molar refractivity (Wildman–Crippen MR) is 118 cm³/mol. The van der Waals surface area contributed by atoms with Crippen LogP contribution in [0, 0.1) is 11.3 Å². The van der Waals surface area contributed by atoms with Crippen LogP contribution in [0.4, 0.5) is 5.69 Å². The van der Waals surface area contributed by atoms with Gasteiger partial charge in [0, 0.05) is 18.5 Å². The normalized spacial score (nSPS) is 11.3. The monoisotopic (exact) mass is 440 g/mol. The van der Waals surface area contributed by atoms with Gasteiger partial charge in [0.2, 0.25) is 5.91 Å². The number of benzene rings is 2. The van der Waals surface area contributed by atoms with E-state index in [-0.39, 0.29) is 31.2 Å². The van der Waals surface area contributed by atoms with Gasteiger partial charge in [0.1, 0.15) is 23.9 Å². The van der Waals surface area contributed by atoms with E-state index >= 15 is 0 Å². The number of para-hydroxylation sites is 2. The minimum Gasteiger partial charge on any atom is -0.494 e. The first-order valence-corrected chi connectivity index (χ1v) is 11.9. The summed E-state index contributed by atoms with van der Waals surface area (Å²) in [6, 6.07) is 16.4. The van der Waals surface area contributed by atoms with E-state index < -0.39 is 9.84 Å². The number of nitriles is 1. The van der Waals surface area contributed by atoms with Gasteiger partial charge in [-0.3, -0.25) is 4.79 Å². The lowest BCUT2D eigenvalue weighted by molar-refractivity contribution is -0.119. The van der Waals surface area contributed by atoms with Crippen molar-refractivity contribution in [3.05, 3.63) is 54.4 Å². The predicted octanol–water partition coefficient (Wildman–Crippen LogP) is 2.93.